The molecule has 0 radical (unpaired) electrons. The van der Waals surface area contributed by atoms with Crippen LogP contribution in [-0.2, 0) is 0 Å². The molecule has 1 aromatic heterocycles. The molecule has 0 N–H and O–H groups in total. The van der Waals surface area contributed by atoms with Crippen molar-refractivity contribution in [3.8, 4) is 0 Å². The van der Waals surface area contributed by atoms with Gasteiger partial charge in [0.25, 0.3) is 0 Å². The predicted molar refractivity (Wildman–Crippen MR) is 124 cm³/mol. The molecule has 28 heavy (non-hydrogen) atoms. The number of hydrogen-bond acceptors (Lipinski definition) is 2. The smallest absolute Gasteiger partial charge is 0.211 e. The van der Waals surface area contributed by atoms with E-state index in [-0.39, 0.29) is 5.78 Å². The van der Waals surface area contributed by atoms with E-state index in [9.17, 15) is 4.79 Å². The van der Waals surface area contributed by atoms with Crippen molar-refractivity contribution in [2.75, 3.05) is 6.16 Å². The second kappa shape index (κ2) is 8.41. The molecule has 0 saturated carbocycles. The number of ketones is 1. The van der Waals surface area contributed by atoms with Gasteiger partial charge in [-0.05, 0) is 48.5 Å². The van der Waals surface area contributed by atoms with E-state index in [0.29, 0.717) is 10.5 Å². The van der Waals surface area contributed by atoms with E-state index in [0.717, 1.165) is 4.88 Å². The quantitative estimate of drug-likeness (QED) is 0.293. The third-order valence-electron chi connectivity index (χ3n) is 4.82. The van der Waals surface area contributed by atoms with Gasteiger partial charge in [-0.25, -0.2) is 0 Å². The Morgan fingerprint density at radius 1 is 0.679 bits per heavy atom. The van der Waals surface area contributed by atoms with Gasteiger partial charge in [0.1, 0.15) is 29.3 Å². The van der Waals surface area contributed by atoms with E-state index in [4.69, 9.17) is 11.6 Å². The zero-order valence-electron chi connectivity index (χ0n) is 15.2. The van der Waals surface area contributed by atoms with Gasteiger partial charge in [-0.15, -0.1) is 11.3 Å². The highest BCUT2D eigenvalue weighted by molar-refractivity contribution is 7.96. The van der Waals surface area contributed by atoms with Crippen molar-refractivity contribution in [3.63, 3.8) is 0 Å². The number of hydrogen-bond donors (Lipinski definition) is 0. The fourth-order valence-corrected chi connectivity index (χ4v) is 8.70. The Morgan fingerprint density at radius 3 is 1.46 bits per heavy atom. The molecule has 3 aromatic carbocycles. The molecule has 0 aliphatic carbocycles. The SMILES string of the molecule is O=C(C[P+](c1ccccc1)(c1ccccc1)c1ccccc1)c1ccc(Cl)s1. The molecule has 4 heteroatoms. The summed E-state index contributed by atoms with van der Waals surface area (Å²) in [7, 11) is -2.15. The first-order valence-electron chi connectivity index (χ1n) is 9.03. The van der Waals surface area contributed by atoms with E-state index < -0.39 is 7.26 Å². The van der Waals surface area contributed by atoms with Gasteiger partial charge in [-0.3, -0.25) is 4.79 Å². The van der Waals surface area contributed by atoms with Gasteiger partial charge >= 0.3 is 0 Å². The molecule has 4 aromatic rings. The highest BCUT2D eigenvalue weighted by Gasteiger charge is 2.47. The molecule has 138 valence electrons. The largest absolute Gasteiger partial charge is 0.289 e. The van der Waals surface area contributed by atoms with Crippen molar-refractivity contribution < 1.29 is 4.79 Å². The summed E-state index contributed by atoms with van der Waals surface area (Å²) < 4.78 is 0.645. The van der Waals surface area contributed by atoms with Crippen molar-refractivity contribution in [2.24, 2.45) is 0 Å². The predicted octanol–water partition coefficient (Wildman–Crippen LogP) is 5.58. The lowest BCUT2D eigenvalue weighted by atomic mass is 10.3. The third kappa shape index (κ3) is 3.69. The Bertz CT molecular complexity index is 965. The maximum Gasteiger partial charge on any atom is 0.211 e. The van der Waals surface area contributed by atoms with Crippen molar-refractivity contribution in [1.82, 2.24) is 0 Å². The molecule has 0 fully saturated rings. The number of carbonyl (C=O) groups excluding carboxylic acids is 1. The lowest BCUT2D eigenvalue weighted by Crippen LogP contribution is -2.35. The summed E-state index contributed by atoms with van der Waals surface area (Å²) >= 11 is 7.46. The number of benzene rings is 3. The second-order valence-electron chi connectivity index (χ2n) is 6.50. The van der Waals surface area contributed by atoms with Crippen molar-refractivity contribution >= 4 is 51.9 Å². The Balaban J connectivity index is 1.94. The zero-order chi connectivity index (χ0) is 19.4. The van der Waals surface area contributed by atoms with E-state index in [1.807, 2.05) is 24.3 Å². The Hall–Kier alpha value is -2.25. The van der Waals surface area contributed by atoms with Gasteiger partial charge in [0.2, 0.25) is 5.78 Å². The summed E-state index contributed by atoms with van der Waals surface area (Å²) in [5.74, 6) is 0.141. The molecule has 1 nitrogen and oxygen atoms in total. The number of carbonyl (C=O) groups is 1. The minimum atomic E-state index is -2.15. The number of rotatable bonds is 6. The molecule has 0 amide bonds. The maximum atomic E-state index is 13.4. The first kappa shape index (κ1) is 19.1. The monoisotopic (exact) mass is 421 g/mol. The molecule has 1 heterocycles. The van der Waals surface area contributed by atoms with Crippen LogP contribution < -0.4 is 15.9 Å². The molecule has 0 atom stereocenters. The lowest BCUT2D eigenvalue weighted by Gasteiger charge is -2.26. The average molecular weight is 422 g/mol. The van der Waals surface area contributed by atoms with E-state index in [2.05, 4.69) is 72.8 Å². The van der Waals surface area contributed by atoms with Crippen molar-refractivity contribution in [3.05, 3.63) is 112 Å². The van der Waals surface area contributed by atoms with Crippen LogP contribution in [0.25, 0.3) is 0 Å². The first-order valence-corrected chi connectivity index (χ1v) is 12.2. The zero-order valence-corrected chi connectivity index (χ0v) is 17.6. The van der Waals surface area contributed by atoms with Gasteiger partial charge in [0.05, 0.1) is 9.21 Å². The lowest BCUT2D eigenvalue weighted by molar-refractivity contribution is 0.102. The van der Waals surface area contributed by atoms with Crippen LogP contribution in [0.2, 0.25) is 4.34 Å². The number of halogens is 1. The summed E-state index contributed by atoms with van der Waals surface area (Å²) in [6.45, 7) is 0. The van der Waals surface area contributed by atoms with Crippen molar-refractivity contribution in [1.29, 1.82) is 0 Å². The first-order chi connectivity index (χ1) is 13.7. The topological polar surface area (TPSA) is 17.1 Å². The van der Waals surface area contributed by atoms with Crippen LogP contribution in [0.3, 0.4) is 0 Å². The van der Waals surface area contributed by atoms with E-state index >= 15 is 0 Å². The van der Waals surface area contributed by atoms with Crippen LogP contribution in [-0.4, -0.2) is 11.9 Å². The van der Waals surface area contributed by atoms with Crippen LogP contribution in [0.15, 0.2) is 103 Å². The average Bonchev–Trinajstić information content (AvgIpc) is 3.20. The minimum absolute atomic E-state index is 0.141. The molecule has 0 unspecified atom stereocenters. The highest BCUT2D eigenvalue weighted by atomic mass is 35.5. The Morgan fingerprint density at radius 2 is 1.11 bits per heavy atom. The fourth-order valence-electron chi connectivity index (χ4n) is 3.53. The second-order valence-corrected chi connectivity index (χ2v) is 11.7. The number of Topliss-reactive ketones (excluding diaryl/α,β-unsaturated/α-hetero) is 1. The fraction of sp³-hybridized carbons (Fsp3) is 0.0417. The molecule has 0 saturated heterocycles. The van der Waals surface area contributed by atoms with Crippen LogP contribution in [0.4, 0.5) is 0 Å². The van der Waals surface area contributed by atoms with Gasteiger partial charge in [0.15, 0.2) is 0 Å². The van der Waals surface area contributed by atoms with Crippen LogP contribution in [0, 0.1) is 0 Å². The molecule has 0 aliphatic heterocycles. The number of thiophene rings is 1. The highest BCUT2D eigenvalue weighted by Crippen LogP contribution is 2.55. The van der Waals surface area contributed by atoms with Gasteiger partial charge < -0.3 is 0 Å². The van der Waals surface area contributed by atoms with Gasteiger partial charge in [-0.1, -0.05) is 66.2 Å². The van der Waals surface area contributed by atoms with Crippen LogP contribution >= 0.6 is 30.2 Å². The summed E-state index contributed by atoms with van der Waals surface area (Å²) in [5.41, 5.74) is 0. The van der Waals surface area contributed by atoms with Gasteiger partial charge in [0, 0.05) is 0 Å². The van der Waals surface area contributed by atoms with E-state index in [1.165, 1.54) is 27.3 Å². The van der Waals surface area contributed by atoms with Gasteiger partial charge in [-0.2, -0.15) is 0 Å². The molecule has 4 rings (SSSR count). The molecule has 0 spiro atoms. The normalized spacial score (nSPS) is 11.3. The summed E-state index contributed by atoms with van der Waals surface area (Å²) in [6, 6.07) is 35.0. The van der Waals surface area contributed by atoms with E-state index in [1.54, 1.807) is 6.07 Å². The molecule has 0 aliphatic rings. The van der Waals surface area contributed by atoms with Crippen LogP contribution in [0.1, 0.15) is 9.67 Å². The summed E-state index contributed by atoms with van der Waals surface area (Å²) in [5, 5.41) is 3.63. The van der Waals surface area contributed by atoms with Crippen molar-refractivity contribution in [2.45, 2.75) is 0 Å². The Labute approximate surface area is 175 Å². The third-order valence-corrected chi connectivity index (χ3v) is 10.4. The Kier molecular flexibility index (Phi) is 5.73. The molecular weight excluding hydrogens is 403 g/mol. The molecule has 0 bridgehead atoms. The summed E-state index contributed by atoms with van der Waals surface area (Å²) in [4.78, 5) is 14.1. The maximum absolute atomic E-state index is 13.4. The standard InChI is InChI=1S/C24H19ClOPS/c25-24-17-16-23(28-24)22(26)18-27(19-10-4-1-5-11-19,20-12-6-2-7-13-20)21-14-8-3-9-15-21/h1-17H,18H2/q+1. The molecular formula is C24H19ClOPS+. The minimum Gasteiger partial charge on any atom is -0.289 e. The summed E-state index contributed by atoms with van der Waals surface area (Å²) in [6.07, 6.45) is 0.446. The van der Waals surface area contributed by atoms with Crippen LogP contribution in [0.5, 0.6) is 0 Å².